The molecule has 1 aliphatic heterocycles. The molecule has 0 spiro atoms. The van der Waals surface area contributed by atoms with Gasteiger partial charge in [-0.15, -0.1) is 0 Å². The lowest BCUT2D eigenvalue weighted by atomic mass is 10.1. The van der Waals surface area contributed by atoms with E-state index in [9.17, 15) is 0 Å². The van der Waals surface area contributed by atoms with Crippen LogP contribution in [0.3, 0.4) is 0 Å². The third-order valence-electron chi connectivity index (χ3n) is 4.29. The van der Waals surface area contributed by atoms with Gasteiger partial charge in [-0.1, -0.05) is 13.5 Å². The van der Waals surface area contributed by atoms with Crippen molar-refractivity contribution in [2.45, 2.75) is 33.7 Å². The first-order valence-corrected chi connectivity index (χ1v) is 8.08. The first-order valence-electron chi connectivity index (χ1n) is 8.08. The molecule has 1 aromatic carbocycles. The van der Waals surface area contributed by atoms with Crippen molar-refractivity contribution in [2.24, 2.45) is 5.73 Å². The Kier molecular flexibility index (Phi) is 6.04. The molecule has 0 unspecified atom stereocenters. The molecule has 5 nitrogen and oxygen atoms in total. The van der Waals surface area contributed by atoms with E-state index in [1.165, 1.54) is 18.5 Å². The normalized spacial score (nSPS) is 13.5. The van der Waals surface area contributed by atoms with E-state index in [4.69, 9.17) is 10.5 Å². The fourth-order valence-corrected chi connectivity index (χ4v) is 2.98. The smallest absolute Gasteiger partial charge is 0.214 e. The number of benzene rings is 1. The predicted octanol–water partition coefficient (Wildman–Crippen LogP) is 3.84. The maximum absolute atomic E-state index is 5.97. The zero-order chi connectivity index (χ0) is 16.2. The van der Waals surface area contributed by atoms with Gasteiger partial charge in [-0.25, -0.2) is 0 Å². The minimum atomic E-state index is 0. The average Bonchev–Trinajstić information content (AvgIpc) is 3.11. The van der Waals surface area contributed by atoms with Crippen LogP contribution in [0.25, 0.3) is 0 Å². The highest BCUT2D eigenvalue weighted by Gasteiger charge is 2.15. The molecule has 24 heavy (non-hydrogen) atoms. The summed E-state index contributed by atoms with van der Waals surface area (Å²) in [6.07, 6.45) is 2.52. The number of anilines is 3. The van der Waals surface area contributed by atoms with E-state index in [-0.39, 0.29) is 7.43 Å². The molecule has 1 aromatic heterocycles. The molecule has 0 atom stereocenters. The van der Waals surface area contributed by atoms with Gasteiger partial charge in [-0.3, -0.25) is 0 Å². The molecule has 0 bridgehead atoms. The first-order chi connectivity index (χ1) is 11.2. The molecule has 2 aromatic rings. The largest absolute Gasteiger partial charge is 0.481 e. The number of nitrogens with zero attached hydrogens (tertiary/aromatic N) is 2. The van der Waals surface area contributed by atoms with Crippen molar-refractivity contribution in [2.75, 3.05) is 30.4 Å². The Balaban J connectivity index is 0.00000208. The lowest BCUT2D eigenvalue weighted by Gasteiger charge is -2.22. The molecular formula is C19H28N4O. The standard InChI is InChI=1S/C18H24N4O.CH4/c1-13-5-8-17(23-2)21-18(13)20-15-6-7-16(14(11-15)12-19)22-9-3-4-10-22;/h5-8,11H,3-4,9-10,12,19H2,1-2H3,(H,20,21);1H4. The highest BCUT2D eigenvalue weighted by molar-refractivity contribution is 5.66. The van der Waals surface area contributed by atoms with Crippen molar-refractivity contribution >= 4 is 17.2 Å². The van der Waals surface area contributed by atoms with Gasteiger partial charge in [0.1, 0.15) is 5.82 Å². The van der Waals surface area contributed by atoms with Gasteiger partial charge < -0.3 is 20.7 Å². The third kappa shape index (κ3) is 3.79. The summed E-state index contributed by atoms with van der Waals surface area (Å²) in [7, 11) is 1.62. The van der Waals surface area contributed by atoms with Crippen molar-refractivity contribution in [1.29, 1.82) is 0 Å². The van der Waals surface area contributed by atoms with Crippen LogP contribution in [-0.4, -0.2) is 25.2 Å². The van der Waals surface area contributed by atoms with Gasteiger partial charge in [0.15, 0.2) is 0 Å². The minimum Gasteiger partial charge on any atom is -0.481 e. The zero-order valence-corrected chi connectivity index (χ0v) is 13.8. The van der Waals surface area contributed by atoms with Crippen molar-refractivity contribution < 1.29 is 4.74 Å². The van der Waals surface area contributed by atoms with Gasteiger partial charge in [0.2, 0.25) is 5.88 Å². The van der Waals surface area contributed by atoms with Gasteiger partial charge in [0, 0.05) is 37.1 Å². The van der Waals surface area contributed by atoms with Gasteiger partial charge in [0.25, 0.3) is 0 Å². The van der Waals surface area contributed by atoms with Crippen molar-refractivity contribution in [3.63, 3.8) is 0 Å². The monoisotopic (exact) mass is 328 g/mol. The molecule has 0 saturated carbocycles. The molecule has 3 rings (SSSR count). The summed E-state index contributed by atoms with van der Waals surface area (Å²) in [4.78, 5) is 6.88. The number of hydrogen-bond acceptors (Lipinski definition) is 5. The summed E-state index contributed by atoms with van der Waals surface area (Å²) in [5, 5.41) is 3.37. The summed E-state index contributed by atoms with van der Waals surface area (Å²) in [6.45, 7) is 4.80. The van der Waals surface area contributed by atoms with E-state index in [2.05, 4.69) is 33.4 Å². The van der Waals surface area contributed by atoms with Crippen LogP contribution in [0.4, 0.5) is 17.2 Å². The van der Waals surface area contributed by atoms with Crippen LogP contribution in [0, 0.1) is 6.92 Å². The second-order valence-electron chi connectivity index (χ2n) is 5.89. The number of nitrogens with two attached hydrogens (primary N) is 1. The molecule has 1 aliphatic rings. The van der Waals surface area contributed by atoms with Gasteiger partial charge in [-0.2, -0.15) is 4.98 Å². The lowest BCUT2D eigenvalue weighted by Crippen LogP contribution is -2.20. The summed E-state index contributed by atoms with van der Waals surface area (Å²) in [5.74, 6) is 1.41. The fraction of sp³-hybridized carbons (Fsp3) is 0.421. The number of ether oxygens (including phenoxy) is 1. The number of pyridine rings is 1. The van der Waals surface area contributed by atoms with E-state index in [0.29, 0.717) is 12.4 Å². The van der Waals surface area contributed by atoms with E-state index in [0.717, 1.165) is 35.7 Å². The van der Waals surface area contributed by atoms with E-state index in [1.807, 2.05) is 19.1 Å². The second-order valence-corrected chi connectivity index (χ2v) is 5.89. The Morgan fingerprint density at radius 3 is 2.62 bits per heavy atom. The van der Waals surface area contributed by atoms with Crippen molar-refractivity contribution in [1.82, 2.24) is 4.98 Å². The summed E-state index contributed by atoms with van der Waals surface area (Å²) < 4.78 is 5.20. The van der Waals surface area contributed by atoms with Gasteiger partial charge >= 0.3 is 0 Å². The zero-order valence-electron chi connectivity index (χ0n) is 13.8. The molecule has 1 saturated heterocycles. The van der Waals surface area contributed by atoms with Gasteiger partial charge in [-0.05, 0) is 49.1 Å². The number of rotatable bonds is 5. The SMILES string of the molecule is C.COc1ccc(C)c(Nc2ccc(N3CCCC3)c(CN)c2)n1. The van der Waals surface area contributed by atoms with Crippen LogP contribution in [-0.2, 0) is 6.54 Å². The van der Waals surface area contributed by atoms with Gasteiger partial charge in [0.05, 0.1) is 7.11 Å². The van der Waals surface area contributed by atoms with Crippen LogP contribution >= 0.6 is 0 Å². The fourth-order valence-electron chi connectivity index (χ4n) is 2.98. The Hall–Kier alpha value is -2.27. The maximum atomic E-state index is 5.97. The van der Waals surface area contributed by atoms with E-state index in [1.54, 1.807) is 7.11 Å². The van der Waals surface area contributed by atoms with Crippen LogP contribution in [0.2, 0.25) is 0 Å². The van der Waals surface area contributed by atoms with Crippen LogP contribution < -0.4 is 20.7 Å². The predicted molar refractivity (Wildman–Crippen MR) is 101 cm³/mol. The minimum absolute atomic E-state index is 0. The van der Waals surface area contributed by atoms with Crippen LogP contribution in [0.5, 0.6) is 5.88 Å². The second kappa shape index (κ2) is 8.02. The summed E-state index contributed by atoms with van der Waals surface area (Å²) in [6, 6.07) is 10.2. The first kappa shape index (κ1) is 18.1. The molecular weight excluding hydrogens is 300 g/mol. The van der Waals surface area contributed by atoms with E-state index >= 15 is 0 Å². The molecule has 130 valence electrons. The van der Waals surface area contributed by atoms with Crippen molar-refractivity contribution in [3.8, 4) is 5.88 Å². The Bertz CT molecular complexity index is 681. The number of nitrogens with one attached hydrogen (secondary N) is 1. The summed E-state index contributed by atoms with van der Waals surface area (Å²) in [5.41, 5.74) is 10.5. The molecule has 5 heteroatoms. The Morgan fingerprint density at radius 1 is 1.21 bits per heavy atom. The number of aryl methyl sites for hydroxylation is 1. The Labute approximate surface area is 144 Å². The number of aromatic nitrogens is 1. The lowest BCUT2D eigenvalue weighted by molar-refractivity contribution is 0.398. The van der Waals surface area contributed by atoms with E-state index < -0.39 is 0 Å². The summed E-state index contributed by atoms with van der Waals surface area (Å²) >= 11 is 0. The van der Waals surface area contributed by atoms with Crippen LogP contribution in [0.1, 0.15) is 31.4 Å². The Morgan fingerprint density at radius 2 is 1.96 bits per heavy atom. The average molecular weight is 328 g/mol. The number of hydrogen-bond donors (Lipinski definition) is 2. The highest BCUT2D eigenvalue weighted by Crippen LogP contribution is 2.29. The molecule has 0 amide bonds. The molecule has 0 radical (unpaired) electrons. The number of methoxy groups -OCH3 is 1. The highest BCUT2D eigenvalue weighted by atomic mass is 16.5. The maximum Gasteiger partial charge on any atom is 0.214 e. The van der Waals surface area contributed by atoms with Crippen LogP contribution in [0.15, 0.2) is 30.3 Å². The molecule has 3 N–H and O–H groups in total. The topological polar surface area (TPSA) is 63.4 Å². The molecule has 0 aliphatic carbocycles. The van der Waals surface area contributed by atoms with Crippen molar-refractivity contribution in [3.05, 3.63) is 41.5 Å². The third-order valence-corrected chi connectivity index (χ3v) is 4.29. The molecule has 1 fully saturated rings. The molecule has 2 heterocycles. The quantitative estimate of drug-likeness (QED) is 0.873.